The van der Waals surface area contributed by atoms with Crippen LogP contribution in [0.4, 0.5) is 27.8 Å². The molecule has 3 heterocycles. The third-order valence-corrected chi connectivity index (χ3v) is 4.64. The number of aromatic nitrogens is 2. The molecule has 0 unspecified atom stereocenters. The molecule has 28 heavy (non-hydrogen) atoms. The summed E-state index contributed by atoms with van der Waals surface area (Å²) in [5.74, 6) is 1.54. The van der Waals surface area contributed by atoms with Gasteiger partial charge in [0.25, 0.3) is 0 Å². The van der Waals surface area contributed by atoms with E-state index in [0.29, 0.717) is 5.82 Å². The number of nitrogens with one attached hydrogen (secondary N) is 2. The molecule has 2 amide bonds. The molecule has 142 valence electrons. The minimum atomic E-state index is -0.310. The Balaban J connectivity index is 1.31. The molecule has 1 aliphatic rings. The Kier molecular flexibility index (Phi) is 5.33. The molecular weight excluding hydrogens is 352 g/mol. The Morgan fingerprint density at radius 3 is 2.21 bits per heavy atom. The molecule has 4 rings (SSSR count). The summed E-state index contributed by atoms with van der Waals surface area (Å²) in [6, 6.07) is 18.8. The van der Waals surface area contributed by atoms with Crippen molar-refractivity contribution in [3.05, 3.63) is 73.1 Å². The molecule has 1 saturated heterocycles. The fourth-order valence-electron chi connectivity index (χ4n) is 3.18. The van der Waals surface area contributed by atoms with Crippen LogP contribution in [0.2, 0.25) is 0 Å². The lowest BCUT2D eigenvalue weighted by atomic mass is 10.2. The first-order chi connectivity index (χ1) is 13.8. The van der Waals surface area contributed by atoms with Crippen LogP contribution in [0.15, 0.2) is 73.1 Å². The van der Waals surface area contributed by atoms with Crippen LogP contribution >= 0.6 is 0 Å². The maximum absolute atomic E-state index is 12.1. The lowest BCUT2D eigenvalue weighted by molar-refractivity contribution is 0.262. The van der Waals surface area contributed by atoms with Crippen molar-refractivity contribution in [3.8, 4) is 0 Å². The highest BCUT2D eigenvalue weighted by molar-refractivity contribution is 5.99. The lowest BCUT2D eigenvalue weighted by Crippen LogP contribution is -2.46. The Morgan fingerprint density at radius 2 is 1.54 bits per heavy atom. The van der Waals surface area contributed by atoms with Crippen molar-refractivity contribution in [1.29, 1.82) is 0 Å². The minimum Gasteiger partial charge on any atom is -0.367 e. The second-order valence-corrected chi connectivity index (χ2v) is 6.51. The molecule has 0 atom stereocenters. The van der Waals surface area contributed by atoms with Crippen LogP contribution in [-0.4, -0.2) is 42.2 Å². The number of carbonyl (C=O) groups is 1. The molecule has 2 N–H and O–H groups in total. The van der Waals surface area contributed by atoms with Crippen molar-refractivity contribution in [1.82, 2.24) is 9.97 Å². The predicted octanol–water partition coefficient (Wildman–Crippen LogP) is 3.45. The Bertz CT molecular complexity index is 893. The summed E-state index contributed by atoms with van der Waals surface area (Å²) in [6.07, 6.45) is 3.62. The number of piperazine rings is 1. The third kappa shape index (κ3) is 4.37. The summed E-state index contributed by atoms with van der Waals surface area (Å²) in [7, 11) is 0. The second-order valence-electron chi connectivity index (χ2n) is 6.51. The van der Waals surface area contributed by atoms with E-state index in [9.17, 15) is 4.79 Å². The average Bonchev–Trinajstić information content (AvgIpc) is 2.76. The van der Waals surface area contributed by atoms with E-state index in [1.165, 1.54) is 0 Å². The second kappa shape index (κ2) is 8.39. The lowest BCUT2D eigenvalue weighted by Gasteiger charge is -2.36. The van der Waals surface area contributed by atoms with E-state index in [1.807, 2.05) is 66.9 Å². The van der Waals surface area contributed by atoms with Gasteiger partial charge in [-0.25, -0.2) is 14.8 Å². The molecule has 7 heteroatoms. The summed E-state index contributed by atoms with van der Waals surface area (Å²) < 4.78 is 0. The van der Waals surface area contributed by atoms with Crippen molar-refractivity contribution in [2.45, 2.75) is 0 Å². The van der Waals surface area contributed by atoms with E-state index < -0.39 is 0 Å². The number of benzene rings is 1. The van der Waals surface area contributed by atoms with E-state index >= 15 is 0 Å². The average molecular weight is 374 g/mol. The van der Waals surface area contributed by atoms with Gasteiger partial charge in [-0.2, -0.15) is 0 Å². The number of hydrogen-bond donors (Lipinski definition) is 2. The van der Waals surface area contributed by atoms with Gasteiger partial charge >= 0.3 is 6.03 Å². The standard InChI is InChI=1S/C21H22N6O/c28-21(24-17-6-2-1-3-7-17)25-19-10-9-18(16-23-19)26-12-14-27(15-13-26)20-8-4-5-11-22-20/h1-11,16H,12-15H2,(H2,23,24,25,28). The normalized spacial score (nSPS) is 13.9. The number of carbonyl (C=O) groups excluding carboxylic acids is 1. The van der Waals surface area contributed by atoms with E-state index in [-0.39, 0.29) is 6.03 Å². The van der Waals surface area contributed by atoms with Gasteiger partial charge in [-0.3, -0.25) is 5.32 Å². The van der Waals surface area contributed by atoms with E-state index in [4.69, 9.17) is 0 Å². The Labute approximate surface area is 164 Å². The fourth-order valence-corrected chi connectivity index (χ4v) is 3.18. The van der Waals surface area contributed by atoms with Gasteiger partial charge in [0.2, 0.25) is 0 Å². The quantitative estimate of drug-likeness (QED) is 0.732. The van der Waals surface area contributed by atoms with Gasteiger partial charge in [0.05, 0.1) is 11.9 Å². The zero-order chi connectivity index (χ0) is 19.2. The van der Waals surface area contributed by atoms with Crippen LogP contribution in [0, 0.1) is 0 Å². The SMILES string of the molecule is O=C(Nc1ccccc1)Nc1ccc(N2CCN(c3ccccn3)CC2)cn1. The Morgan fingerprint density at radius 1 is 0.786 bits per heavy atom. The number of pyridine rings is 2. The molecule has 0 bridgehead atoms. The third-order valence-electron chi connectivity index (χ3n) is 4.64. The molecule has 2 aromatic heterocycles. The number of rotatable bonds is 4. The zero-order valence-corrected chi connectivity index (χ0v) is 15.5. The molecule has 1 fully saturated rings. The van der Waals surface area contributed by atoms with Gasteiger partial charge in [-0.05, 0) is 36.4 Å². The summed E-state index contributed by atoms with van der Waals surface area (Å²) in [6.45, 7) is 3.63. The molecule has 3 aromatic rings. The highest BCUT2D eigenvalue weighted by Crippen LogP contribution is 2.19. The summed E-state index contributed by atoms with van der Waals surface area (Å²) in [4.78, 5) is 25.4. The maximum Gasteiger partial charge on any atom is 0.324 e. The van der Waals surface area contributed by atoms with Gasteiger partial charge in [-0.1, -0.05) is 24.3 Å². The highest BCUT2D eigenvalue weighted by atomic mass is 16.2. The fraction of sp³-hybridized carbons (Fsp3) is 0.190. The molecule has 0 saturated carbocycles. The van der Waals surface area contributed by atoms with Crippen molar-refractivity contribution >= 4 is 29.0 Å². The van der Waals surface area contributed by atoms with Crippen LogP contribution in [0.5, 0.6) is 0 Å². The smallest absolute Gasteiger partial charge is 0.324 e. The van der Waals surface area contributed by atoms with Gasteiger partial charge in [-0.15, -0.1) is 0 Å². The first-order valence-corrected chi connectivity index (χ1v) is 9.28. The predicted molar refractivity (Wildman–Crippen MR) is 112 cm³/mol. The van der Waals surface area contributed by atoms with Crippen LogP contribution in [0.25, 0.3) is 0 Å². The molecule has 0 radical (unpaired) electrons. The molecule has 1 aliphatic heterocycles. The maximum atomic E-state index is 12.1. The van der Waals surface area contributed by atoms with Crippen molar-refractivity contribution in [2.24, 2.45) is 0 Å². The largest absolute Gasteiger partial charge is 0.367 e. The van der Waals surface area contributed by atoms with Gasteiger partial charge in [0.15, 0.2) is 0 Å². The zero-order valence-electron chi connectivity index (χ0n) is 15.5. The van der Waals surface area contributed by atoms with Crippen LogP contribution in [0.1, 0.15) is 0 Å². The minimum absolute atomic E-state index is 0.310. The number of urea groups is 1. The monoisotopic (exact) mass is 374 g/mol. The molecule has 7 nitrogen and oxygen atoms in total. The molecule has 1 aromatic carbocycles. The van der Waals surface area contributed by atoms with E-state index in [0.717, 1.165) is 43.4 Å². The van der Waals surface area contributed by atoms with E-state index in [2.05, 4.69) is 30.4 Å². The topological polar surface area (TPSA) is 73.4 Å². The first kappa shape index (κ1) is 17.8. The van der Waals surface area contributed by atoms with Gasteiger partial charge in [0.1, 0.15) is 11.6 Å². The first-order valence-electron chi connectivity index (χ1n) is 9.28. The van der Waals surface area contributed by atoms with Crippen molar-refractivity contribution in [2.75, 3.05) is 46.6 Å². The number of anilines is 4. The summed E-state index contributed by atoms with van der Waals surface area (Å²) in [5, 5.41) is 5.53. The van der Waals surface area contributed by atoms with Crippen molar-refractivity contribution in [3.63, 3.8) is 0 Å². The summed E-state index contributed by atoms with van der Waals surface area (Å²) in [5.41, 5.74) is 1.79. The number of nitrogens with zero attached hydrogens (tertiary/aromatic N) is 4. The number of hydrogen-bond acceptors (Lipinski definition) is 5. The van der Waals surface area contributed by atoms with Crippen molar-refractivity contribution < 1.29 is 4.79 Å². The van der Waals surface area contributed by atoms with E-state index in [1.54, 1.807) is 6.20 Å². The molecular formula is C21H22N6O. The van der Waals surface area contributed by atoms with Crippen LogP contribution < -0.4 is 20.4 Å². The number of para-hydroxylation sites is 1. The number of amides is 2. The van der Waals surface area contributed by atoms with Crippen LogP contribution in [0.3, 0.4) is 0 Å². The Hall–Kier alpha value is -3.61. The molecule has 0 aliphatic carbocycles. The van der Waals surface area contributed by atoms with Gasteiger partial charge in [0, 0.05) is 38.1 Å². The highest BCUT2D eigenvalue weighted by Gasteiger charge is 2.18. The van der Waals surface area contributed by atoms with Crippen LogP contribution in [-0.2, 0) is 0 Å². The van der Waals surface area contributed by atoms with Gasteiger partial charge < -0.3 is 15.1 Å². The molecule has 0 spiro atoms. The summed E-state index contributed by atoms with van der Waals surface area (Å²) >= 11 is 0.